The van der Waals surface area contributed by atoms with Crippen molar-refractivity contribution in [3.8, 4) is 0 Å². The van der Waals surface area contributed by atoms with E-state index < -0.39 is 0 Å². The Morgan fingerprint density at radius 3 is 2.56 bits per heavy atom. The maximum Gasteiger partial charge on any atom is 0.319 e. The van der Waals surface area contributed by atoms with E-state index in [-0.39, 0.29) is 23.8 Å². The van der Waals surface area contributed by atoms with Crippen LogP contribution in [0.3, 0.4) is 0 Å². The number of Topliss-reactive ketones (excluding diaryl/α,β-unsaturated/α-hetero) is 1. The van der Waals surface area contributed by atoms with Crippen LogP contribution in [-0.4, -0.2) is 42.6 Å². The molecule has 16 heavy (non-hydrogen) atoms. The van der Waals surface area contributed by atoms with Gasteiger partial charge in [-0.1, -0.05) is 20.8 Å². The van der Waals surface area contributed by atoms with E-state index in [0.717, 1.165) is 0 Å². The molecule has 5 heteroatoms. The van der Waals surface area contributed by atoms with Crippen LogP contribution in [0, 0.1) is 5.92 Å². The molecule has 0 aromatic heterocycles. The van der Waals surface area contributed by atoms with Gasteiger partial charge < -0.3 is 10.1 Å². The minimum Gasteiger partial charge on any atom is -0.359 e. The third-order valence-electron chi connectivity index (χ3n) is 2.66. The number of carbonyl (C=O) groups excluding carboxylic acids is 2. The number of hydrogen-bond donors (Lipinski definition) is 1. The molecule has 0 spiro atoms. The van der Waals surface area contributed by atoms with Crippen molar-refractivity contribution in [1.82, 2.24) is 10.2 Å². The average molecular weight is 228 g/mol. The molecule has 1 aliphatic rings. The molecule has 5 nitrogen and oxygen atoms in total. The summed E-state index contributed by atoms with van der Waals surface area (Å²) in [7, 11) is 0. The summed E-state index contributed by atoms with van der Waals surface area (Å²) < 4.78 is 5.08. The highest BCUT2D eigenvalue weighted by Gasteiger charge is 2.25. The Balaban J connectivity index is 2.49. The lowest BCUT2D eigenvalue weighted by atomic mass is 10.00. The molecule has 0 aromatic carbocycles. The molecule has 0 bridgehead atoms. The molecule has 1 N–H and O–H groups in total. The molecule has 0 aliphatic carbocycles. The second-order valence-corrected chi connectivity index (χ2v) is 4.27. The van der Waals surface area contributed by atoms with Gasteiger partial charge in [0.15, 0.2) is 5.78 Å². The fourth-order valence-electron chi connectivity index (χ4n) is 1.59. The van der Waals surface area contributed by atoms with Crippen LogP contribution in [0.2, 0.25) is 0 Å². The van der Waals surface area contributed by atoms with Crippen molar-refractivity contribution in [2.45, 2.75) is 33.2 Å². The number of amides is 2. The van der Waals surface area contributed by atoms with Crippen LogP contribution in [-0.2, 0) is 9.53 Å². The van der Waals surface area contributed by atoms with Gasteiger partial charge in [-0.3, -0.25) is 9.69 Å². The van der Waals surface area contributed by atoms with E-state index in [4.69, 9.17) is 4.74 Å². The van der Waals surface area contributed by atoms with Crippen LogP contribution in [0.4, 0.5) is 4.79 Å². The Hall–Kier alpha value is -1.10. The number of hydrogen-bond acceptors (Lipinski definition) is 3. The van der Waals surface area contributed by atoms with Crippen LogP contribution in [0.5, 0.6) is 0 Å². The Bertz CT molecular complexity index is 260. The Morgan fingerprint density at radius 2 is 2.12 bits per heavy atom. The molecule has 1 saturated heterocycles. The predicted octanol–water partition coefficient (Wildman–Crippen LogP) is 0.989. The largest absolute Gasteiger partial charge is 0.359 e. The summed E-state index contributed by atoms with van der Waals surface area (Å²) in [6.07, 6.45) is 0.622. The molecule has 2 amide bonds. The Kier molecular flexibility index (Phi) is 4.73. The summed E-state index contributed by atoms with van der Waals surface area (Å²) in [6.45, 7) is 7.07. The normalized spacial score (nSPS) is 17.6. The van der Waals surface area contributed by atoms with Gasteiger partial charge in [0.05, 0.1) is 12.6 Å². The van der Waals surface area contributed by atoms with Gasteiger partial charge in [-0.05, 0) is 6.42 Å². The van der Waals surface area contributed by atoms with Crippen molar-refractivity contribution in [2.75, 3.05) is 19.9 Å². The van der Waals surface area contributed by atoms with Gasteiger partial charge >= 0.3 is 6.03 Å². The van der Waals surface area contributed by atoms with Gasteiger partial charge in [-0.15, -0.1) is 0 Å². The number of rotatable bonds is 4. The lowest BCUT2D eigenvalue weighted by Crippen LogP contribution is -2.48. The summed E-state index contributed by atoms with van der Waals surface area (Å²) >= 11 is 0. The fourth-order valence-corrected chi connectivity index (χ4v) is 1.59. The van der Waals surface area contributed by atoms with E-state index in [9.17, 15) is 9.59 Å². The van der Waals surface area contributed by atoms with Crippen molar-refractivity contribution in [2.24, 2.45) is 5.92 Å². The van der Waals surface area contributed by atoms with E-state index in [1.807, 2.05) is 20.8 Å². The van der Waals surface area contributed by atoms with Gasteiger partial charge in [-0.25, -0.2) is 4.79 Å². The molecule has 1 rings (SSSR count). The van der Waals surface area contributed by atoms with E-state index in [0.29, 0.717) is 26.3 Å². The van der Waals surface area contributed by atoms with Crippen molar-refractivity contribution in [3.05, 3.63) is 0 Å². The number of ether oxygens (including phenoxy) is 1. The molecule has 0 saturated carbocycles. The molecular weight excluding hydrogens is 208 g/mol. The van der Waals surface area contributed by atoms with Gasteiger partial charge in [0, 0.05) is 12.5 Å². The molecule has 92 valence electrons. The van der Waals surface area contributed by atoms with Gasteiger partial charge in [-0.2, -0.15) is 0 Å². The lowest BCUT2D eigenvalue weighted by molar-refractivity contribution is -0.123. The number of ketones is 1. The fraction of sp³-hybridized carbons (Fsp3) is 0.818. The summed E-state index contributed by atoms with van der Waals surface area (Å²) in [4.78, 5) is 25.0. The number of carbonyl (C=O) groups is 2. The van der Waals surface area contributed by atoms with E-state index in [1.165, 1.54) is 0 Å². The molecule has 0 unspecified atom stereocenters. The van der Waals surface area contributed by atoms with Crippen molar-refractivity contribution in [1.29, 1.82) is 0 Å². The third kappa shape index (κ3) is 3.20. The molecule has 0 radical (unpaired) electrons. The quantitative estimate of drug-likeness (QED) is 0.780. The summed E-state index contributed by atoms with van der Waals surface area (Å²) in [5, 5.41) is 2.75. The average Bonchev–Trinajstić information content (AvgIpc) is 2.77. The zero-order valence-corrected chi connectivity index (χ0v) is 10.2. The van der Waals surface area contributed by atoms with Gasteiger partial charge in [0.2, 0.25) is 0 Å². The van der Waals surface area contributed by atoms with Crippen LogP contribution in [0.1, 0.15) is 27.2 Å². The van der Waals surface area contributed by atoms with Gasteiger partial charge in [0.1, 0.15) is 6.73 Å². The minimum absolute atomic E-state index is 0.0555. The van der Waals surface area contributed by atoms with Crippen molar-refractivity contribution < 1.29 is 14.3 Å². The lowest BCUT2D eigenvalue weighted by Gasteiger charge is -2.21. The summed E-state index contributed by atoms with van der Waals surface area (Å²) in [5.41, 5.74) is 0. The Morgan fingerprint density at radius 1 is 1.44 bits per heavy atom. The summed E-state index contributed by atoms with van der Waals surface area (Å²) in [6, 6.07) is -0.591. The van der Waals surface area contributed by atoms with Crippen molar-refractivity contribution in [3.63, 3.8) is 0 Å². The van der Waals surface area contributed by atoms with Crippen LogP contribution in [0.25, 0.3) is 0 Å². The number of nitrogens with zero attached hydrogens (tertiary/aromatic N) is 1. The molecule has 0 aromatic rings. The molecule has 1 fully saturated rings. The SMILES string of the molecule is CC[C@H](NC(=O)N1CCOC1)C(=O)C(C)C. The highest BCUT2D eigenvalue weighted by molar-refractivity contribution is 5.89. The third-order valence-corrected chi connectivity index (χ3v) is 2.66. The van der Waals surface area contributed by atoms with E-state index in [2.05, 4.69) is 5.32 Å². The standard InChI is InChI=1S/C11H20N2O3/c1-4-9(10(14)8(2)3)12-11(15)13-5-6-16-7-13/h8-9H,4-7H2,1-3H3,(H,12,15)/t9-/m0/s1. The minimum atomic E-state index is -0.381. The predicted molar refractivity (Wildman–Crippen MR) is 60.0 cm³/mol. The first-order valence-electron chi connectivity index (χ1n) is 5.73. The Labute approximate surface area is 96.1 Å². The maximum atomic E-state index is 11.8. The first-order chi connectivity index (χ1) is 7.56. The van der Waals surface area contributed by atoms with E-state index >= 15 is 0 Å². The molecule has 1 aliphatic heterocycles. The van der Waals surface area contributed by atoms with Crippen LogP contribution < -0.4 is 5.32 Å². The van der Waals surface area contributed by atoms with Gasteiger partial charge in [0.25, 0.3) is 0 Å². The molecule has 1 atom stereocenters. The first-order valence-corrected chi connectivity index (χ1v) is 5.73. The zero-order valence-electron chi connectivity index (χ0n) is 10.2. The van der Waals surface area contributed by atoms with Crippen molar-refractivity contribution >= 4 is 11.8 Å². The number of urea groups is 1. The number of nitrogens with one attached hydrogen (secondary N) is 1. The first kappa shape index (κ1) is 13.0. The van der Waals surface area contributed by atoms with Crippen LogP contribution >= 0.6 is 0 Å². The maximum absolute atomic E-state index is 11.8. The molecule has 1 heterocycles. The second-order valence-electron chi connectivity index (χ2n) is 4.27. The molecular formula is C11H20N2O3. The topological polar surface area (TPSA) is 58.6 Å². The monoisotopic (exact) mass is 228 g/mol. The highest BCUT2D eigenvalue weighted by Crippen LogP contribution is 2.05. The summed E-state index contributed by atoms with van der Waals surface area (Å²) in [5.74, 6) is 0.0241. The van der Waals surface area contributed by atoms with E-state index in [1.54, 1.807) is 4.90 Å². The second kappa shape index (κ2) is 5.84. The highest BCUT2D eigenvalue weighted by atomic mass is 16.5. The smallest absolute Gasteiger partial charge is 0.319 e. The van der Waals surface area contributed by atoms with Crippen LogP contribution in [0.15, 0.2) is 0 Å². The zero-order chi connectivity index (χ0) is 12.1.